The zero-order valence-electron chi connectivity index (χ0n) is 13.0. The van der Waals surface area contributed by atoms with Gasteiger partial charge in [-0.2, -0.15) is 0 Å². The van der Waals surface area contributed by atoms with Crippen LogP contribution in [0.25, 0.3) is 0 Å². The zero-order valence-corrected chi connectivity index (χ0v) is 13.0. The lowest BCUT2D eigenvalue weighted by Crippen LogP contribution is -2.48. The Labute approximate surface area is 130 Å². The molecular weight excluding hydrogens is 284 g/mol. The van der Waals surface area contributed by atoms with Crippen LogP contribution in [-0.2, 0) is 20.8 Å². The van der Waals surface area contributed by atoms with Gasteiger partial charge in [0.25, 0.3) is 0 Å². The average Bonchev–Trinajstić information content (AvgIpc) is 3.18. The molecule has 3 heterocycles. The van der Waals surface area contributed by atoms with Crippen molar-refractivity contribution in [3.05, 3.63) is 24.2 Å². The summed E-state index contributed by atoms with van der Waals surface area (Å²) in [6.07, 6.45) is 6.13. The highest BCUT2D eigenvalue weighted by Gasteiger charge is 2.41. The summed E-state index contributed by atoms with van der Waals surface area (Å²) in [6.45, 7) is 2.98. The van der Waals surface area contributed by atoms with Crippen LogP contribution in [0.2, 0.25) is 0 Å². The largest absolute Gasteiger partial charge is 0.472 e. The minimum absolute atomic E-state index is 0.0104. The van der Waals surface area contributed by atoms with Crippen LogP contribution in [0.3, 0.4) is 0 Å². The Bertz CT molecular complexity index is 477. The van der Waals surface area contributed by atoms with Gasteiger partial charge in [0.15, 0.2) is 0 Å². The number of rotatable bonds is 6. The number of likely N-dealkylation sites (tertiary alicyclic amines) is 1. The van der Waals surface area contributed by atoms with Crippen molar-refractivity contribution in [2.45, 2.75) is 44.1 Å². The summed E-state index contributed by atoms with van der Waals surface area (Å²) in [7, 11) is 1.63. The lowest BCUT2D eigenvalue weighted by molar-refractivity contribution is -0.144. The summed E-state index contributed by atoms with van der Waals surface area (Å²) < 4.78 is 16.1. The van der Waals surface area contributed by atoms with Crippen molar-refractivity contribution in [2.24, 2.45) is 0 Å². The zero-order chi connectivity index (χ0) is 15.4. The topological polar surface area (TPSA) is 63.9 Å². The first kappa shape index (κ1) is 15.5. The number of nitrogens with one attached hydrogen (secondary N) is 1. The molecule has 2 saturated heterocycles. The molecule has 2 aliphatic rings. The van der Waals surface area contributed by atoms with Gasteiger partial charge in [-0.15, -0.1) is 0 Å². The van der Waals surface area contributed by atoms with Crippen LogP contribution in [0.4, 0.5) is 0 Å². The van der Waals surface area contributed by atoms with E-state index in [0.29, 0.717) is 19.2 Å². The molecule has 1 amide bonds. The van der Waals surface area contributed by atoms with Crippen LogP contribution in [0.5, 0.6) is 0 Å². The van der Waals surface area contributed by atoms with E-state index in [1.165, 1.54) is 5.56 Å². The molecule has 2 aliphatic heterocycles. The molecule has 0 unspecified atom stereocenters. The van der Waals surface area contributed by atoms with E-state index in [1.807, 2.05) is 6.07 Å². The van der Waals surface area contributed by atoms with E-state index < -0.39 is 0 Å². The number of ether oxygens (including phenoxy) is 2. The highest BCUT2D eigenvalue weighted by molar-refractivity contribution is 5.80. The van der Waals surface area contributed by atoms with Gasteiger partial charge in [-0.25, -0.2) is 0 Å². The Morgan fingerprint density at radius 2 is 2.36 bits per heavy atom. The minimum Gasteiger partial charge on any atom is -0.472 e. The maximum atomic E-state index is 12.1. The van der Waals surface area contributed by atoms with Crippen molar-refractivity contribution in [3.63, 3.8) is 0 Å². The predicted molar refractivity (Wildman–Crippen MR) is 80.3 cm³/mol. The second-order valence-corrected chi connectivity index (χ2v) is 5.98. The fourth-order valence-electron chi connectivity index (χ4n) is 3.41. The third-order valence-electron chi connectivity index (χ3n) is 4.53. The molecule has 22 heavy (non-hydrogen) atoms. The fraction of sp³-hybridized carbons (Fsp3) is 0.688. The molecule has 1 aromatic heterocycles. The molecule has 1 N–H and O–H groups in total. The van der Waals surface area contributed by atoms with Crippen molar-refractivity contribution in [1.29, 1.82) is 0 Å². The Morgan fingerprint density at radius 1 is 1.45 bits per heavy atom. The molecule has 1 aromatic rings. The third kappa shape index (κ3) is 3.51. The van der Waals surface area contributed by atoms with Gasteiger partial charge in [-0.05, 0) is 25.3 Å². The molecule has 3 rings (SSSR count). The molecule has 6 nitrogen and oxygen atoms in total. The number of carbonyl (C=O) groups is 1. The standard InChI is InChI=1S/C16H24N2O4/c1-20-9-6-17-16(19)15-3-2-13-14(22-15)4-7-18(13)10-12-5-8-21-11-12/h5,8,11,13-15H,2-4,6-7,9-10H2,1H3,(H,17,19)/t13-,14-,15-/m0/s1. The number of furan rings is 1. The molecule has 3 atom stereocenters. The third-order valence-corrected chi connectivity index (χ3v) is 4.53. The molecular formula is C16H24N2O4. The number of amides is 1. The quantitative estimate of drug-likeness (QED) is 0.799. The number of hydrogen-bond acceptors (Lipinski definition) is 5. The SMILES string of the molecule is COCCNC(=O)[C@@H]1CC[C@H]2[C@H](CCN2Cc2ccoc2)O1. The van der Waals surface area contributed by atoms with Gasteiger partial charge in [-0.3, -0.25) is 9.69 Å². The molecule has 6 heteroatoms. The number of fused-ring (bicyclic) bond motifs is 1. The van der Waals surface area contributed by atoms with Crippen molar-refractivity contribution in [3.8, 4) is 0 Å². The lowest BCUT2D eigenvalue weighted by Gasteiger charge is -2.35. The lowest BCUT2D eigenvalue weighted by atomic mass is 9.98. The Balaban J connectivity index is 1.49. The van der Waals surface area contributed by atoms with Gasteiger partial charge in [0.1, 0.15) is 6.10 Å². The van der Waals surface area contributed by atoms with E-state index in [0.717, 1.165) is 32.4 Å². The summed E-state index contributed by atoms with van der Waals surface area (Å²) in [5.74, 6) is -0.0104. The molecule has 0 saturated carbocycles. The highest BCUT2D eigenvalue weighted by atomic mass is 16.5. The van der Waals surface area contributed by atoms with Crippen molar-refractivity contribution in [1.82, 2.24) is 10.2 Å². The van der Waals surface area contributed by atoms with E-state index in [4.69, 9.17) is 13.9 Å². The van der Waals surface area contributed by atoms with Crippen molar-refractivity contribution >= 4 is 5.91 Å². The van der Waals surface area contributed by atoms with Crippen molar-refractivity contribution < 1.29 is 18.7 Å². The Hall–Kier alpha value is -1.37. The summed E-state index contributed by atoms with van der Waals surface area (Å²) in [5.41, 5.74) is 1.19. The van der Waals surface area contributed by atoms with Crippen LogP contribution in [0.1, 0.15) is 24.8 Å². The molecule has 0 aromatic carbocycles. The minimum atomic E-state index is -0.313. The molecule has 0 spiro atoms. The first-order valence-electron chi connectivity index (χ1n) is 7.95. The normalized spacial score (nSPS) is 28.5. The smallest absolute Gasteiger partial charge is 0.249 e. The molecule has 0 aliphatic carbocycles. The molecule has 0 radical (unpaired) electrons. The summed E-state index contributed by atoms with van der Waals surface area (Å²) in [5, 5.41) is 2.87. The molecule has 0 bridgehead atoms. The summed E-state index contributed by atoms with van der Waals surface area (Å²) in [4.78, 5) is 14.5. The monoisotopic (exact) mass is 308 g/mol. The summed E-state index contributed by atoms with van der Waals surface area (Å²) >= 11 is 0. The van der Waals surface area contributed by atoms with Crippen LogP contribution in [0, 0.1) is 0 Å². The average molecular weight is 308 g/mol. The van der Waals surface area contributed by atoms with Gasteiger partial charge in [0.05, 0.1) is 25.2 Å². The first-order valence-corrected chi connectivity index (χ1v) is 7.95. The Kier molecular flexibility index (Phi) is 5.12. The maximum absolute atomic E-state index is 12.1. The van der Waals surface area contributed by atoms with Gasteiger partial charge >= 0.3 is 0 Å². The van der Waals surface area contributed by atoms with Crippen LogP contribution < -0.4 is 5.32 Å². The van der Waals surface area contributed by atoms with Crippen LogP contribution >= 0.6 is 0 Å². The second-order valence-electron chi connectivity index (χ2n) is 5.98. The first-order chi connectivity index (χ1) is 10.8. The van der Waals surface area contributed by atoms with Gasteiger partial charge in [0.2, 0.25) is 5.91 Å². The number of carbonyl (C=O) groups excluding carboxylic acids is 1. The predicted octanol–water partition coefficient (Wildman–Crippen LogP) is 1.16. The van der Waals surface area contributed by atoms with E-state index in [1.54, 1.807) is 19.6 Å². The fourth-order valence-corrected chi connectivity index (χ4v) is 3.41. The van der Waals surface area contributed by atoms with E-state index in [-0.39, 0.29) is 18.1 Å². The molecule has 2 fully saturated rings. The second kappa shape index (κ2) is 7.26. The van der Waals surface area contributed by atoms with E-state index in [2.05, 4.69) is 10.2 Å². The van der Waals surface area contributed by atoms with E-state index in [9.17, 15) is 4.79 Å². The van der Waals surface area contributed by atoms with Gasteiger partial charge in [-0.1, -0.05) is 0 Å². The molecule has 122 valence electrons. The summed E-state index contributed by atoms with van der Waals surface area (Å²) in [6, 6.07) is 2.42. The van der Waals surface area contributed by atoms with Crippen LogP contribution in [0.15, 0.2) is 23.0 Å². The number of nitrogens with zero attached hydrogens (tertiary/aromatic N) is 1. The number of methoxy groups -OCH3 is 1. The maximum Gasteiger partial charge on any atom is 0.249 e. The number of hydrogen-bond donors (Lipinski definition) is 1. The van der Waals surface area contributed by atoms with Crippen LogP contribution in [-0.4, -0.2) is 55.9 Å². The van der Waals surface area contributed by atoms with Crippen molar-refractivity contribution in [2.75, 3.05) is 26.8 Å². The highest BCUT2D eigenvalue weighted by Crippen LogP contribution is 2.32. The Morgan fingerprint density at radius 3 is 3.14 bits per heavy atom. The van der Waals surface area contributed by atoms with Gasteiger partial charge in [0, 0.05) is 38.3 Å². The van der Waals surface area contributed by atoms with Gasteiger partial charge < -0.3 is 19.2 Å². The van der Waals surface area contributed by atoms with E-state index >= 15 is 0 Å².